The van der Waals surface area contributed by atoms with E-state index in [2.05, 4.69) is 0 Å². The average molecular weight is 310 g/mol. The lowest BCUT2D eigenvalue weighted by Gasteiger charge is -2.10. The minimum absolute atomic E-state index is 0.131. The van der Waals surface area contributed by atoms with Gasteiger partial charge >= 0.3 is 0 Å². The fourth-order valence-corrected chi connectivity index (χ4v) is 3.20. The van der Waals surface area contributed by atoms with Crippen molar-refractivity contribution < 1.29 is 8.42 Å². The molecule has 0 saturated heterocycles. The molecule has 0 bridgehead atoms. The quantitative estimate of drug-likeness (QED) is 0.859. The third-order valence-electron chi connectivity index (χ3n) is 3.41. The maximum atomic E-state index is 11.9. The van der Waals surface area contributed by atoms with Gasteiger partial charge in [0.2, 0.25) is 0 Å². The van der Waals surface area contributed by atoms with E-state index in [0.29, 0.717) is 11.5 Å². The molecular weight excluding hydrogens is 292 g/mol. The molecule has 1 aromatic heterocycles. The predicted octanol–water partition coefficient (Wildman–Crippen LogP) is 2.10. The number of sulfone groups is 1. The summed E-state index contributed by atoms with van der Waals surface area (Å²) in [5.41, 5.74) is 7.47. The van der Waals surface area contributed by atoms with Crippen molar-refractivity contribution in [2.24, 2.45) is 5.73 Å². The van der Waals surface area contributed by atoms with E-state index in [0.717, 1.165) is 16.5 Å². The van der Waals surface area contributed by atoms with Gasteiger partial charge in [0, 0.05) is 29.2 Å². The van der Waals surface area contributed by atoms with E-state index in [-0.39, 0.29) is 11.0 Å². The summed E-state index contributed by atoms with van der Waals surface area (Å²) >= 11 is 5.03. The Bertz CT molecular complexity index is 746. The smallest absolute Gasteiger partial charge is 0.154 e. The van der Waals surface area contributed by atoms with Crippen molar-refractivity contribution in [1.82, 2.24) is 4.57 Å². The van der Waals surface area contributed by atoms with Crippen LogP contribution < -0.4 is 5.73 Å². The maximum Gasteiger partial charge on any atom is 0.154 e. The summed E-state index contributed by atoms with van der Waals surface area (Å²) in [6.07, 6.45) is 1.88. The van der Waals surface area contributed by atoms with Gasteiger partial charge in [-0.25, -0.2) is 8.42 Å². The summed E-state index contributed by atoms with van der Waals surface area (Å²) in [4.78, 5) is 0.350. The number of benzene rings is 1. The number of nitrogens with two attached hydrogens (primary N) is 1. The second kappa shape index (κ2) is 5.54. The summed E-state index contributed by atoms with van der Waals surface area (Å²) in [5.74, 6) is 0.131. The Hall–Kier alpha value is -1.40. The molecule has 6 heteroatoms. The number of nitrogens with zero attached hydrogens (tertiary/aromatic N) is 1. The molecule has 0 aliphatic rings. The monoisotopic (exact) mass is 310 g/mol. The van der Waals surface area contributed by atoms with Crippen molar-refractivity contribution in [3.63, 3.8) is 0 Å². The van der Waals surface area contributed by atoms with Gasteiger partial charge in [-0.3, -0.25) is 0 Å². The van der Waals surface area contributed by atoms with Crippen LogP contribution in [-0.2, 0) is 16.4 Å². The Labute approximate surface area is 124 Å². The number of aryl methyl sites for hydroxylation is 1. The van der Waals surface area contributed by atoms with E-state index in [1.54, 1.807) is 13.8 Å². The Balaban J connectivity index is 2.34. The van der Waals surface area contributed by atoms with E-state index in [1.165, 1.54) is 0 Å². The topological polar surface area (TPSA) is 65.1 Å². The Morgan fingerprint density at radius 2 is 2.05 bits per heavy atom. The largest absolute Gasteiger partial charge is 0.389 e. The van der Waals surface area contributed by atoms with Gasteiger partial charge in [0.1, 0.15) is 4.99 Å². The molecule has 0 atom stereocenters. The third kappa shape index (κ3) is 2.86. The van der Waals surface area contributed by atoms with Crippen molar-refractivity contribution in [1.29, 1.82) is 0 Å². The van der Waals surface area contributed by atoms with E-state index >= 15 is 0 Å². The average Bonchev–Trinajstić information content (AvgIpc) is 2.79. The zero-order chi connectivity index (χ0) is 14.9. The minimum atomic E-state index is -3.04. The maximum absolute atomic E-state index is 11.9. The van der Waals surface area contributed by atoms with Crippen molar-refractivity contribution in [2.75, 3.05) is 5.75 Å². The number of hydrogen-bond donors (Lipinski definition) is 1. The molecule has 0 amide bonds. The predicted molar refractivity (Wildman–Crippen MR) is 86.7 cm³/mol. The molecule has 1 aromatic carbocycles. The molecule has 20 heavy (non-hydrogen) atoms. The number of rotatable bonds is 5. The van der Waals surface area contributed by atoms with Crippen LogP contribution in [-0.4, -0.2) is 29.0 Å². The van der Waals surface area contributed by atoms with Crippen LogP contribution in [0.2, 0.25) is 0 Å². The number of hydrogen-bond acceptors (Lipinski definition) is 3. The number of fused-ring (bicyclic) bond motifs is 1. The minimum Gasteiger partial charge on any atom is -0.389 e. The van der Waals surface area contributed by atoms with Gasteiger partial charge < -0.3 is 10.3 Å². The second-order valence-electron chi connectivity index (χ2n) is 5.03. The first kappa shape index (κ1) is 15.0. The molecule has 2 N–H and O–H groups in total. The van der Waals surface area contributed by atoms with Crippen molar-refractivity contribution in [3.05, 3.63) is 36.0 Å². The molecule has 4 nitrogen and oxygen atoms in total. The highest BCUT2D eigenvalue weighted by atomic mass is 32.2. The van der Waals surface area contributed by atoms with E-state index in [4.69, 9.17) is 18.0 Å². The molecule has 2 aromatic rings. The van der Waals surface area contributed by atoms with Crippen LogP contribution in [0.15, 0.2) is 30.5 Å². The fourth-order valence-electron chi connectivity index (χ4n) is 2.09. The molecule has 0 aliphatic carbocycles. The van der Waals surface area contributed by atoms with E-state index in [9.17, 15) is 8.42 Å². The highest BCUT2D eigenvalue weighted by molar-refractivity contribution is 7.91. The first-order valence-electron chi connectivity index (χ1n) is 6.42. The summed E-state index contributed by atoms with van der Waals surface area (Å²) in [6.45, 7) is 3.84. The number of thiocarbonyl (C=S) groups is 1. The van der Waals surface area contributed by atoms with Crippen LogP contribution >= 0.6 is 12.2 Å². The third-order valence-corrected chi connectivity index (χ3v) is 5.82. The Morgan fingerprint density at radius 3 is 2.65 bits per heavy atom. The molecule has 0 spiro atoms. The standard InChI is InChI=1S/C14H18N2O2S2/c1-10(2)20(17,18)9-8-16-7-6-11-12(14(15)19)4-3-5-13(11)16/h3-7,10H,8-9H2,1-2H3,(H2,15,19). The van der Waals surface area contributed by atoms with Crippen molar-refractivity contribution in [3.8, 4) is 0 Å². The lowest BCUT2D eigenvalue weighted by molar-refractivity contribution is 0.581. The Kier molecular flexibility index (Phi) is 4.15. The molecular formula is C14H18N2O2S2. The summed E-state index contributed by atoms with van der Waals surface area (Å²) < 4.78 is 25.7. The molecule has 108 valence electrons. The summed E-state index contributed by atoms with van der Waals surface area (Å²) in [6, 6.07) is 7.62. The van der Waals surface area contributed by atoms with Crippen LogP contribution in [0.4, 0.5) is 0 Å². The number of aromatic nitrogens is 1. The van der Waals surface area contributed by atoms with Crippen LogP contribution in [0, 0.1) is 0 Å². The fraction of sp³-hybridized carbons (Fsp3) is 0.357. The zero-order valence-electron chi connectivity index (χ0n) is 11.5. The highest BCUT2D eigenvalue weighted by Gasteiger charge is 2.16. The molecule has 0 unspecified atom stereocenters. The first-order chi connectivity index (χ1) is 9.33. The van der Waals surface area contributed by atoms with Gasteiger partial charge in [0.15, 0.2) is 9.84 Å². The SMILES string of the molecule is CC(C)S(=O)(=O)CCn1ccc2c(C(N)=S)cccc21. The van der Waals surface area contributed by atoms with Gasteiger partial charge in [-0.05, 0) is 26.0 Å². The molecule has 0 fully saturated rings. The molecule has 0 radical (unpaired) electrons. The molecule has 0 aliphatic heterocycles. The highest BCUT2D eigenvalue weighted by Crippen LogP contribution is 2.20. The molecule has 1 heterocycles. The first-order valence-corrected chi connectivity index (χ1v) is 8.54. The van der Waals surface area contributed by atoms with Crippen molar-refractivity contribution >= 4 is 37.9 Å². The van der Waals surface area contributed by atoms with E-state index in [1.807, 2.05) is 35.0 Å². The van der Waals surface area contributed by atoms with Gasteiger partial charge in [-0.1, -0.05) is 24.4 Å². The molecule has 2 rings (SSSR count). The van der Waals surface area contributed by atoms with Crippen LogP contribution in [0.25, 0.3) is 10.9 Å². The van der Waals surface area contributed by atoms with Gasteiger partial charge in [-0.15, -0.1) is 0 Å². The second-order valence-corrected chi connectivity index (χ2v) is 8.14. The normalized spacial score (nSPS) is 12.2. The van der Waals surface area contributed by atoms with Crippen LogP contribution in [0.5, 0.6) is 0 Å². The Morgan fingerprint density at radius 1 is 1.35 bits per heavy atom. The van der Waals surface area contributed by atoms with Gasteiger partial charge in [0.05, 0.1) is 11.0 Å². The lowest BCUT2D eigenvalue weighted by Crippen LogP contribution is -2.20. The summed E-state index contributed by atoms with van der Waals surface area (Å²) in [5, 5.41) is 0.610. The van der Waals surface area contributed by atoms with Crippen molar-refractivity contribution in [2.45, 2.75) is 25.6 Å². The van der Waals surface area contributed by atoms with E-state index < -0.39 is 9.84 Å². The lowest BCUT2D eigenvalue weighted by atomic mass is 10.1. The molecule has 0 saturated carbocycles. The zero-order valence-corrected chi connectivity index (χ0v) is 13.2. The van der Waals surface area contributed by atoms with Crippen LogP contribution in [0.1, 0.15) is 19.4 Å². The van der Waals surface area contributed by atoms with Crippen LogP contribution in [0.3, 0.4) is 0 Å². The summed E-state index contributed by atoms with van der Waals surface area (Å²) in [7, 11) is -3.04. The van der Waals surface area contributed by atoms with Gasteiger partial charge in [-0.2, -0.15) is 0 Å². The van der Waals surface area contributed by atoms with Gasteiger partial charge in [0.25, 0.3) is 0 Å².